The molecule has 0 bridgehead atoms. The van der Waals surface area contributed by atoms with Crippen LogP contribution in [0, 0.1) is 5.92 Å². The third kappa shape index (κ3) is 8.02. The Bertz CT molecular complexity index is 520. The number of esters is 1. The van der Waals surface area contributed by atoms with Crippen LogP contribution in [0.5, 0.6) is 0 Å². The molecule has 2 unspecified atom stereocenters. The molecule has 3 atom stereocenters. The highest BCUT2D eigenvalue weighted by Crippen LogP contribution is 2.37. The Labute approximate surface area is 162 Å². The van der Waals surface area contributed by atoms with Gasteiger partial charge in [-0.15, -0.1) is 0 Å². The monoisotopic (exact) mass is 385 g/mol. The van der Waals surface area contributed by atoms with Crippen LogP contribution in [-0.4, -0.2) is 41.3 Å². The number of carbonyl (C=O) groups excluding carboxylic acids is 2. The third-order valence-corrected chi connectivity index (χ3v) is 5.69. The fraction of sp³-hybridized carbons (Fsp3) is 0.800. The van der Waals surface area contributed by atoms with Gasteiger partial charge in [-0.2, -0.15) is 11.8 Å². The van der Waals surface area contributed by atoms with Gasteiger partial charge in [0, 0.05) is 11.0 Å². The summed E-state index contributed by atoms with van der Waals surface area (Å²) in [4.78, 5) is 24.4. The fourth-order valence-electron chi connectivity index (χ4n) is 3.00. The number of thioether (sulfide) groups is 1. The van der Waals surface area contributed by atoms with E-state index in [-0.39, 0.29) is 6.61 Å². The normalized spacial score (nSPS) is 21.7. The van der Waals surface area contributed by atoms with Gasteiger partial charge in [-0.3, -0.25) is 0 Å². The molecule has 0 saturated heterocycles. The molecule has 0 aromatic carbocycles. The molecular formula is C20H35NO4S. The van der Waals surface area contributed by atoms with Crippen LogP contribution < -0.4 is 5.32 Å². The van der Waals surface area contributed by atoms with Crippen molar-refractivity contribution in [3.05, 3.63) is 11.1 Å². The molecule has 0 spiro atoms. The first-order valence-electron chi connectivity index (χ1n) is 9.47. The average Bonchev–Trinajstić information content (AvgIpc) is 2.49. The van der Waals surface area contributed by atoms with Gasteiger partial charge in [-0.05, 0) is 66.7 Å². The predicted molar refractivity (Wildman–Crippen MR) is 107 cm³/mol. The van der Waals surface area contributed by atoms with E-state index >= 15 is 0 Å². The lowest BCUT2D eigenvalue weighted by atomic mass is 9.85. The predicted octanol–water partition coefficient (Wildman–Crippen LogP) is 4.70. The number of nitrogens with one attached hydrogen (secondary N) is 1. The van der Waals surface area contributed by atoms with E-state index in [0.29, 0.717) is 16.9 Å². The summed E-state index contributed by atoms with van der Waals surface area (Å²) in [7, 11) is 0. The maximum Gasteiger partial charge on any atom is 0.408 e. The van der Waals surface area contributed by atoms with Crippen LogP contribution in [0.3, 0.4) is 0 Å². The number of carbonyl (C=O) groups is 2. The SMILES string of the molecule is CCOC(=O)[C@H](CSC1CC(C)CCC1=C(C)C)NC(=O)OC(C)(C)C. The topological polar surface area (TPSA) is 64.6 Å². The van der Waals surface area contributed by atoms with Gasteiger partial charge >= 0.3 is 12.1 Å². The molecule has 1 saturated carbocycles. The largest absolute Gasteiger partial charge is 0.464 e. The minimum Gasteiger partial charge on any atom is -0.464 e. The summed E-state index contributed by atoms with van der Waals surface area (Å²) in [5.74, 6) is 0.746. The van der Waals surface area contributed by atoms with E-state index < -0.39 is 23.7 Å². The Hall–Kier alpha value is -1.17. The molecular weight excluding hydrogens is 350 g/mol. The molecule has 150 valence electrons. The number of ether oxygens (including phenoxy) is 2. The molecule has 1 aliphatic rings. The van der Waals surface area contributed by atoms with E-state index in [1.165, 1.54) is 17.6 Å². The summed E-state index contributed by atoms with van der Waals surface area (Å²) in [6, 6.07) is -0.703. The van der Waals surface area contributed by atoms with Crippen LogP contribution in [0.15, 0.2) is 11.1 Å². The number of amides is 1. The van der Waals surface area contributed by atoms with Crippen molar-refractivity contribution in [3.63, 3.8) is 0 Å². The quantitative estimate of drug-likeness (QED) is 0.530. The third-order valence-electron chi connectivity index (χ3n) is 4.28. The molecule has 1 fully saturated rings. The van der Waals surface area contributed by atoms with Crippen molar-refractivity contribution in [2.24, 2.45) is 5.92 Å². The van der Waals surface area contributed by atoms with E-state index in [0.717, 1.165) is 12.8 Å². The van der Waals surface area contributed by atoms with Crippen molar-refractivity contribution in [1.82, 2.24) is 5.32 Å². The molecule has 1 N–H and O–H groups in total. The van der Waals surface area contributed by atoms with E-state index in [1.807, 2.05) is 0 Å². The fourth-order valence-corrected chi connectivity index (χ4v) is 4.67. The van der Waals surface area contributed by atoms with Gasteiger partial charge in [0.2, 0.25) is 0 Å². The van der Waals surface area contributed by atoms with Gasteiger partial charge in [0.1, 0.15) is 11.6 Å². The molecule has 5 nitrogen and oxygen atoms in total. The Balaban J connectivity index is 2.77. The van der Waals surface area contributed by atoms with E-state index in [2.05, 4.69) is 26.1 Å². The minimum atomic E-state index is -0.703. The Morgan fingerprint density at radius 2 is 1.96 bits per heavy atom. The zero-order chi connectivity index (χ0) is 19.9. The van der Waals surface area contributed by atoms with Crippen molar-refractivity contribution in [2.45, 2.75) is 84.6 Å². The maximum absolute atomic E-state index is 12.3. The van der Waals surface area contributed by atoms with Gasteiger partial charge in [-0.1, -0.05) is 18.1 Å². The molecule has 26 heavy (non-hydrogen) atoms. The highest BCUT2D eigenvalue weighted by Gasteiger charge is 2.29. The summed E-state index contributed by atoms with van der Waals surface area (Å²) in [5, 5.41) is 3.07. The molecule has 1 aliphatic carbocycles. The van der Waals surface area contributed by atoms with Gasteiger partial charge in [0.05, 0.1) is 6.61 Å². The van der Waals surface area contributed by atoms with Gasteiger partial charge in [-0.25, -0.2) is 9.59 Å². The van der Waals surface area contributed by atoms with Gasteiger partial charge in [0.25, 0.3) is 0 Å². The summed E-state index contributed by atoms with van der Waals surface area (Å²) in [6.07, 6.45) is 2.85. The lowest BCUT2D eigenvalue weighted by molar-refractivity contribution is -0.145. The molecule has 0 heterocycles. The summed E-state index contributed by atoms with van der Waals surface area (Å²) >= 11 is 1.73. The van der Waals surface area contributed by atoms with E-state index in [9.17, 15) is 9.59 Å². The first-order chi connectivity index (χ1) is 12.0. The smallest absolute Gasteiger partial charge is 0.408 e. The summed E-state index contributed by atoms with van der Waals surface area (Å²) in [6.45, 7) is 14.0. The molecule has 6 heteroatoms. The van der Waals surface area contributed by atoms with Crippen LogP contribution in [0.1, 0.15) is 67.7 Å². The van der Waals surface area contributed by atoms with Crippen molar-refractivity contribution in [2.75, 3.05) is 12.4 Å². The second-order valence-electron chi connectivity index (χ2n) is 8.18. The summed E-state index contributed by atoms with van der Waals surface area (Å²) < 4.78 is 10.4. The maximum atomic E-state index is 12.3. The van der Waals surface area contributed by atoms with Crippen LogP contribution in [0.25, 0.3) is 0 Å². The Kier molecular flexibility index (Phi) is 9.01. The number of rotatable bonds is 6. The van der Waals surface area contributed by atoms with E-state index in [1.54, 1.807) is 39.5 Å². The molecule has 1 amide bonds. The zero-order valence-electron chi connectivity index (χ0n) is 17.3. The number of hydrogen-bond donors (Lipinski definition) is 1. The molecule has 0 radical (unpaired) electrons. The Morgan fingerprint density at radius 1 is 1.31 bits per heavy atom. The van der Waals surface area contributed by atoms with Crippen molar-refractivity contribution in [1.29, 1.82) is 0 Å². The highest BCUT2D eigenvalue weighted by molar-refractivity contribution is 8.00. The van der Waals surface area contributed by atoms with Crippen molar-refractivity contribution in [3.8, 4) is 0 Å². The van der Waals surface area contributed by atoms with Gasteiger partial charge in [0.15, 0.2) is 0 Å². The first-order valence-corrected chi connectivity index (χ1v) is 10.5. The second-order valence-corrected chi connectivity index (χ2v) is 9.41. The molecule has 0 aliphatic heterocycles. The highest BCUT2D eigenvalue weighted by atomic mass is 32.2. The second kappa shape index (κ2) is 10.2. The average molecular weight is 386 g/mol. The van der Waals surface area contributed by atoms with Gasteiger partial charge < -0.3 is 14.8 Å². The lowest BCUT2D eigenvalue weighted by Gasteiger charge is -2.31. The van der Waals surface area contributed by atoms with Crippen LogP contribution in [0.2, 0.25) is 0 Å². The molecule has 1 rings (SSSR count). The molecule has 0 aromatic heterocycles. The van der Waals surface area contributed by atoms with Crippen molar-refractivity contribution >= 4 is 23.8 Å². The van der Waals surface area contributed by atoms with E-state index in [4.69, 9.17) is 9.47 Å². The lowest BCUT2D eigenvalue weighted by Crippen LogP contribution is -2.46. The number of alkyl carbamates (subject to hydrolysis) is 1. The first kappa shape index (κ1) is 22.9. The van der Waals surface area contributed by atoms with Crippen LogP contribution in [-0.2, 0) is 14.3 Å². The van der Waals surface area contributed by atoms with Crippen LogP contribution in [0.4, 0.5) is 4.79 Å². The number of hydrogen-bond acceptors (Lipinski definition) is 5. The molecule has 0 aromatic rings. The Morgan fingerprint density at radius 3 is 2.50 bits per heavy atom. The standard InChI is InChI=1S/C20H35NO4S/c1-8-24-18(22)16(21-19(23)25-20(5,6)7)12-26-17-11-14(4)9-10-15(17)13(2)3/h14,16-17H,8-12H2,1-7H3,(H,21,23)/t14?,16-,17?/m0/s1. The summed E-state index contributed by atoms with van der Waals surface area (Å²) in [5.41, 5.74) is 2.24. The van der Waals surface area contributed by atoms with Crippen molar-refractivity contribution < 1.29 is 19.1 Å². The van der Waals surface area contributed by atoms with Crippen LogP contribution >= 0.6 is 11.8 Å². The zero-order valence-corrected chi connectivity index (χ0v) is 18.1. The number of allylic oxidation sites excluding steroid dienone is 1. The minimum absolute atomic E-state index is 0.287.